The Morgan fingerprint density at radius 1 is 1.45 bits per heavy atom. The molecule has 2 rings (SSSR count). The fourth-order valence-corrected chi connectivity index (χ4v) is 3.13. The number of nitrogens with zero attached hydrogens (tertiary/aromatic N) is 3. The highest BCUT2D eigenvalue weighted by Crippen LogP contribution is 2.23. The van der Waals surface area contributed by atoms with Gasteiger partial charge in [-0.15, -0.1) is 0 Å². The molecule has 1 saturated heterocycles. The number of hydrogen-bond acceptors (Lipinski definition) is 3. The fourth-order valence-electron chi connectivity index (χ4n) is 3.13. The molecule has 1 atom stereocenters. The van der Waals surface area contributed by atoms with E-state index in [4.69, 9.17) is 0 Å². The van der Waals surface area contributed by atoms with E-state index in [1.165, 1.54) is 0 Å². The predicted octanol–water partition coefficient (Wildman–Crippen LogP) is 2.03. The third-order valence-corrected chi connectivity index (χ3v) is 4.22. The number of amides is 2. The van der Waals surface area contributed by atoms with E-state index in [0.717, 1.165) is 25.9 Å². The van der Waals surface area contributed by atoms with Gasteiger partial charge in [0.25, 0.3) is 0 Å². The fraction of sp³-hybridized carbons (Fsp3) is 0.750. The number of nitrogens with one attached hydrogen (secondary N) is 1. The number of aliphatic hydroxyl groups is 1. The molecule has 0 saturated carbocycles. The van der Waals surface area contributed by atoms with Crippen LogP contribution >= 0.6 is 0 Å². The molecule has 124 valence electrons. The summed E-state index contributed by atoms with van der Waals surface area (Å²) in [6.07, 6.45) is 5.98. The molecule has 2 heterocycles. The summed E-state index contributed by atoms with van der Waals surface area (Å²) < 4.78 is 1.99. The van der Waals surface area contributed by atoms with Gasteiger partial charge in [0.1, 0.15) is 0 Å². The second-order valence-corrected chi connectivity index (χ2v) is 7.08. The Balaban J connectivity index is 1.75. The molecule has 2 amide bonds. The summed E-state index contributed by atoms with van der Waals surface area (Å²) in [7, 11) is 0. The molecular weight excluding hydrogens is 280 g/mol. The third kappa shape index (κ3) is 4.73. The minimum absolute atomic E-state index is 0.00224. The third-order valence-electron chi connectivity index (χ3n) is 4.22. The standard InChI is InChI=1S/C16H28N4O2/c1-13(21)11-16(2,3)12-17-15(22)19-9-5-14(6-10-19)20-8-4-7-18-20/h4,7-8,13-14,21H,5-6,9-12H2,1-3H3,(H,17,22). The van der Waals surface area contributed by atoms with Crippen LogP contribution in [0.1, 0.15) is 46.1 Å². The minimum Gasteiger partial charge on any atom is -0.393 e. The first-order valence-electron chi connectivity index (χ1n) is 8.07. The number of carbonyl (C=O) groups excluding carboxylic acids is 1. The van der Waals surface area contributed by atoms with Gasteiger partial charge in [0, 0.05) is 32.0 Å². The van der Waals surface area contributed by atoms with Crippen molar-refractivity contribution in [3.63, 3.8) is 0 Å². The van der Waals surface area contributed by atoms with Gasteiger partial charge in [0.2, 0.25) is 0 Å². The number of rotatable bonds is 5. The first-order valence-corrected chi connectivity index (χ1v) is 8.07. The van der Waals surface area contributed by atoms with Crippen molar-refractivity contribution < 1.29 is 9.90 Å². The highest BCUT2D eigenvalue weighted by Gasteiger charge is 2.26. The lowest BCUT2D eigenvalue weighted by molar-refractivity contribution is 0.124. The highest BCUT2D eigenvalue weighted by molar-refractivity contribution is 5.74. The summed E-state index contributed by atoms with van der Waals surface area (Å²) in [4.78, 5) is 14.1. The van der Waals surface area contributed by atoms with Crippen LogP contribution in [0.4, 0.5) is 4.79 Å². The van der Waals surface area contributed by atoms with E-state index in [9.17, 15) is 9.90 Å². The normalized spacial score (nSPS) is 18.3. The monoisotopic (exact) mass is 308 g/mol. The Kier molecular flexibility index (Phi) is 5.45. The first kappa shape index (κ1) is 16.8. The van der Waals surface area contributed by atoms with Crippen LogP contribution < -0.4 is 5.32 Å². The highest BCUT2D eigenvalue weighted by atomic mass is 16.3. The summed E-state index contributed by atoms with van der Waals surface area (Å²) in [5, 5.41) is 16.8. The molecule has 2 N–H and O–H groups in total. The van der Waals surface area contributed by atoms with Gasteiger partial charge in [-0.3, -0.25) is 4.68 Å². The summed E-state index contributed by atoms with van der Waals surface area (Å²) in [5.41, 5.74) is -0.1000. The van der Waals surface area contributed by atoms with Crippen LogP contribution in [0.25, 0.3) is 0 Å². The van der Waals surface area contributed by atoms with Gasteiger partial charge in [-0.2, -0.15) is 5.10 Å². The molecule has 0 radical (unpaired) electrons. The minimum atomic E-state index is -0.350. The summed E-state index contributed by atoms with van der Waals surface area (Å²) >= 11 is 0. The molecule has 0 bridgehead atoms. The molecule has 1 unspecified atom stereocenters. The van der Waals surface area contributed by atoms with Crippen molar-refractivity contribution in [1.29, 1.82) is 0 Å². The smallest absolute Gasteiger partial charge is 0.317 e. The van der Waals surface area contributed by atoms with E-state index in [1.807, 2.05) is 21.8 Å². The Bertz CT molecular complexity index is 463. The number of likely N-dealkylation sites (tertiary alicyclic amines) is 1. The number of aliphatic hydroxyl groups excluding tert-OH is 1. The maximum atomic E-state index is 12.3. The predicted molar refractivity (Wildman–Crippen MR) is 85.5 cm³/mol. The van der Waals surface area contributed by atoms with Crippen LogP contribution in [0, 0.1) is 5.41 Å². The van der Waals surface area contributed by atoms with Crippen LogP contribution in [0.3, 0.4) is 0 Å². The summed E-state index contributed by atoms with van der Waals surface area (Å²) in [5.74, 6) is 0. The van der Waals surface area contributed by atoms with Gasteiger partial charge in [-0.1, -0.05) is 13.8 Å². The molecule has 1 aromatic heterocycles. The number of urea groups is 1. The number of piperidine rings is 1. The molecule has 1 aromatic rings. The molecule has 1 aliphatic rings. The lowest BCUT2D eigenvalue weighted by Gasteiger charge is -2.33. The van der Waals surface area contributed by atoms with Crippen molar-refractivity contribution in [1.82, 2.24) is 20.0 Å². The molecule has 0 aromatic carbocycles. The van der Waals surface area contributed by atoms with E-state index in [0.29, 0.717) is 19.0 Å². The zero-order valence-electron chi connectivity index (χ0n) is 13.8. The lowest BCUT2D eigenvalue weighted by Crippen LogP contribution is -2.47. The van der Waals surface area contributed by atoms with Crippen molar-refractivity contribution in [2.75, 3.05) is 19.6 Å². The summed E-state index contributed by atoms with van der Waals surface area (Å²) in [6.45, 7) is 7.99. The second-order valence-electron chi connectivity index (χ2n) is 7.08. The average molecular weight is 308 g/mol. The lowest BCUT2D eigenvalue weighted by atomic mass is 9.87. The van der Waals surface area contributed by atoms with Crippen molar-refractivity contribution in [2.45, 2.75) is 52.2 Å². The van der Waals surface area contributed by atoms with Gasteiger partial charge >= 0.3 is 6.03 Å². The van der Waals surface area contributed by atoms with Gasteiger partial charge in [0.15, 0.2) is 0 Å². The van der Waals surface area contributed by atoms with E-state index in [1.54, 1.807) is 13.1 Å². The molecule has 22 heavy (non-hydrogen) atoms. The van der Waals surface area contributed by atoms with Gasteiger partial charge in [0.05, 0.1) is 12.1 Å². The van der Waals surface area contributed by atoms with Crippen LogP contribution in [-0.4, -0.2) is 51.6 Å². The average Bonchev–Trinajstić information content (AvgIpc) is 2.98. The molecule has 1 fully saturated rings. The van der Waals surface area contributed by atoms with E-state index in [2.05, 4.69) is 24.3 Å². The summed E-state index contributed by atoms with van der Waals surface area (Å²) in [6, 6.07) is 2.33. The largest absolute Gasteiger partial charge is 0.393 e. The maximum Gasteiger partial charge on any atom is 0.317 e. The maximum absolute atomic E-state index is 12.3. The van der Waals surface area contributed by atoms with Crippen LogP contribution in [-0.2, 0) is 0 Å². The molecular formula is C16H28N4O2. The van der Waals surface area contributed by atoms with E-state index >= 15 is 0 Å². The van der Waals surface area contributed by atoms with Crippen molar-refractivity contribution in [2.24, 2.45) is 5.41 Å². The molecule has 0 spiro atoms. The van der Waals surface area contributed by atoms with E-state index < -0.39 is 0 Å². The number of hydrogen-bond donors (Lipinski definition) is 2. The Labute approximate surface area is 132 Å². The van der Waals surface area contributed by atoms with Gasteiger partial charge in [-0.25, -0.2) is 4.79 Å². The molecule has 6 heteroatoms. The van der Waals surface area contributed by atoms with Crippen molar-refractivity contribution in [3.05, 3.63) is 18.5 Å². The Morgan fingerprint density at radius 2 is 2.14 bits per heavy atom. The van der Waals surface area contributed by atoms with Crippen molar-refractivity contribution >= 4 is 6.03 Å². The second kappa shape index (κ2) is 7.13. The number of aromatic nitrogens is 2. The molecule has 6 nitrogen and oxygen atoms in total. The van der Waals surface area contributed by atoms with Crippen LogP contribution in [0.2, 0.25) is 0 Å². The molecule has 1 aliphatic heterocycles. The molecule has 0 aliphatic carbocycles. The first-order chi connectivity index (χ1) is 10.4. The zero-order chi connectivity index (χ0) is 16.2. The quantitative estimate of drug-likeness (QED) is 0.874. The SMILES string of the molecule is CC(O)CC(C)(C)CNC(=O)N1CCC(n2cccn2)CC1. The zero-order valence-corrected chi connectivity index (χ0v) is 13.8. The Morgan fingerprint density at radius 3 is 2.68 bits per heavy atom. The van der Waals surface area contributed by atoms with Crippen molar-refractivity contribution in [3.8, 4) is 0 Å². The van der Waals surface area contributed by atoms with Gasteiger partial charge < -0.3 is 15.3 Å². The van der Waals surface area contributed by atoms with Crippen LogP contribution in [0.5, 0.6) is 0 Å². The Hall–Kier alpha value is -1.56. The van der Waals surface area contributed by atoms with Crippen LogP contribution in [0.15, 0.2) is 18.5 Å². The topological polar surface area (TPSA) is 70.4 Å². The number of carbonyl (C=O) groups is 1. The van der Waals surface area contributed by atoms with Gasteiger partial charge in [-0.05, 0) is 37.7 Å². The van der Waals surface area contributed by atoms with E-state index in [-0.39, 0.29) is 17.6 Å².